The highest BCUT2D eigenvalue weighted by Crippen LogP contribution is 2.20. The fraction of sp³-hybridized carbons (Fsp3) is 0.417. The van der Waals surface area contributed by atoms with Crippen LogP contribution in [-0.2, 0) is 9.53 Å². The molecule has 1 aromatic carbocycles. The fourth-order valence-electron chi connectivity index (χ4n) is 1.46. The quantitative estimate of drug-likeness (QED) is 0.680. The first kappa shape index (κ1) is 15.4. The lowest BCUT2D eigenvalue weighted by molar-refractivity contribution is -0.146. The Hall–Kier alpha value is -1.63. The summed E-state index contributed by atoms with van der Waals surface area (Å²) in [4.78, 5) is 11.5. The molecule has 3 nitrogen and oxygen atoms in total. The minimum Gasteiger partial charge on any atom is -0.468 e. The van der Waals surface area contributed by atoms with Gasteiger partial charge in [0.25, 0.3) is 0 Å². The van der Waals surface area contributed by atoms with Crippen LogP contribution in [0.5, 0.6) is 0 Å². The zero-order valence-electron chi connectivity index (χ0n) is 10.3. The summed E-state index contributed by atoms with van der Waals surface area (Å²) in [6.07, 6.45) is -4.48. The van der Waals surface area contributed by atoms with Gasteiger partial charge in [-0.25, -0.2) is 9.18 Å². The van der Waals surface area contributed by atoms with Gasteiger partial charge in [-0.1, -0.05) is 12.1 Å². The third kappa shape index (κ3) is 4.51. The largest absolute Gasteiger partial charge is 0.468 e. The van der Waals surface area contributed by atoms with E-state index in [0.29, 0.717) is 5.56 Å². The topological polar surface area (TPSA) is 38.3 Å². The van der Waals surface area contributed by atoms with Crippen molar-refractivity contribution in [1.82, 2.24) is 5.32 Å². The van der Waals surface area contributed by atoms with Gasteiger partial charge < -0.3 is 4.74 Å². The van der Waals surface area contributed by atoms with E-state index in [2.05, 4.69) is 4.74 Å². The summed E-state index contributed by atoms with van der Waals surface area (Å²) in [5.41, 5.74) is 0.419. The maximum absolute atomic E-state index is 13.4. The number of hydrogen-bond donors (Lipinski definition) is 1. The summed E-state index contributed by atoms with van der Waals surface area (Å²) >= 11 is 0. The highest BCUT2D eigenvalue weighted by Gasteiger charge is 2.31. The van der Waals surface area contributed by atoms with E-state index in [4.69, 9.17) is 0 Å². The van der Waals surface area contributed by atoms with E-state index in [9.17, 15) is 22.4 Å². The van der Waals surface area contributed by atoms with Gasteiger partial charge in [0.2, 0.25) is 0 Å². The van der Waals surface area contributed by atoms with Gasteiger partial charge in [0.05, 0.1) is 13.7 Å². The lowest BCUT2D eigenvalue weighted by atomic mass is 10.0. The van der Waals surface area contributed by atoms with Crippen LogP contribution in [0.4, 0.5) is 17.6 Å². The number of ether oxygens (including phenoxy) is 1. The summed E-state index contributed by atoms with van der Waals surface area (Å²) in [5.74, 6) is -1.51. The van der Waals surface area contributed by atoms with Crippen LogP contribution in [0, 0.1) is 12.7 Å². The summed E-state index contributed by atoms with van der Waals surface area (Å²) in [6.45, 7) is 0.137. The normalized spacial score (nSPS) is 13.2. The van der Waals surface area contributed by atoms with Gasteiger partial charge in [0.1, 0.15) is 11.9 Å². The van der Waals surface area contributed by atoms with Crippen molar-refractivity contribution in [3.05, 3.63) is 35.1 Å². The summed E-state index contributed by atoms with van der Waals surface area (Å²) < 4.78 is 54.3. The van der Waals surface area contributed by atoms with Crippen molar-refractivity contribution >= 4 is 5.97 Å². The van der Waals surface area contributed by atoms with E-state index in [1.54, 1.807) is 0 Å². The molecule has 1 atom stereocenters. The van der Waals surface area contributed by atoms with E-state index in [0.717, 1.165) is 13.2 Å². The second kappa shape index (κ2) is 6.01. The van der Waals surface area contributed by atoms with Crippen LogP contribution in [0.3, 0.4) is 0 Å². The molecule has 0 bridgehead atoms. The van der Waals surface area contributed by atoms with Crippen LogP contribution in [-0.4, -0.2) is 25.8 Å². The molecule has 0 aliphatic rings. The van der Waals surface area contributed by atoms with Gasteiger partial charge in [-0.15, -0.1) is 0 Å². The van der Waals surface area contributed by atoms with Crippen LogP contribution < -0.4 is 5.32 Å². The third-order valence-electron chi connectivity index (χ3n) is 2.47. The van der Waals surface area contributed by atoms with Crippen molar-refractivity contribution in [2.75, 3.05) is 13.7 Å². The highest BCUT2D eigenvalue weighted by molar-refractivity contribution is 5.77. The molecule has 1 rings (SSSR count). The van der Waals surface area contributed by atoms with Crippen LogP contribution >= 0.6 is 0 Å². The zero-order chi connectivity index (χ0) is 14.6. The number of carbonyl (C=O) groups excluding carboxylic acids is 1. The van der Waals surface area contributed by atoms with Crippen molar-refractivity contribution in [2.45, 2.75) is 19.1 Å². The van der Waals surface area contributed by atoms with Crippen molar-refractivity contribution in [3.8, 4) is 0 Å². The van der Waals surface area contributed by atoms with E-state index >= 15 is 0 Å². The Bertz CT molecular complexity index is 460. The number of rotatable bonds is 4. The molecule has 0 aromatic heterocycles. The number of esters is 1. The molecule has 0 radical (unpaired) electrons. The highest BCUT2D eigenvalue weighted by atomic mass is 19.4. The Kier molecular flexibility index (Phi) is 4.88. The van der Waals surface area contributed by atoms with Gasteiger partial charge in [0.15, 0.2) is 0 Å². The number of methoxy groups -OCH3 is 1. The van der Waals surface area contributed by atoms with Crippen molar-refractivity contribution in [1.29, 1.82) is 0 Å². The molecule has 0 aliphatic carbocycles. The summed E-state index contributed by atoms with van der Waals surface area (Å²) in [6, 6.07) is 2.42. The second-order valence-electron chi connectivity index (χ2n) is 3.96. The molecule has 0 aliphatic heterocycles. The van der Waals surface area contributed by atoms with Gasteiger partial charge in [-0.2, -0.15) is 13.2 Å². The Balaban J connectivity index is 2.96. The Labute approximate surface area is 107 Å². The van der Waals surface area contributed by atoms with Crippen molar-refractivity contribution in [2.24, 2.45) is 0 Å². The van der Waals surface area contributed by atoms with Gasteiger partial charge in [-0.3, -0.25) is 5.32 Å². The molecule has 0 saturated heterocycles. The summed E-state index contributed by atoms with van der Waals surface area (Å²) in [7, 11) is 1.05. The Morgan fingerprint density at radius 3 is 2.53 bits per heavy atom. The standard InChI is InChI=1S/C12H13F4NO2/c1-7-3-4-8(5-9(7)13)10(11(18)19-2)17-6-12(14,15)16/h3-5,10,17H,6H2,1-2H3. The van der Waals surface area contributed by atoms with Crippen molar-refractivity contribution < 1.29 is 27.1 Å². The van der Waals surface area contributed by atoms with Crippen LogP contribution in [0.2, 0.25) is 0 Å². The van der Waals surface area contributed by atoms with E-state index < -0.39 is 30.5 Å². The molecular weight excluding hydrogens is 266 g/mol. The first-order chi connectivity index (χ1) is 8.74. The van der Waals surface area contributed by atoms with E-state index in [-0.39, 0.29) is 5.56 Å². The Morgan fingerprint density at radius 1 is 1.42 bits per heavy atom. The molecular formula is C12H13F4NO2. The molecule has 0 fully saturated rings. The number of halogens is 4. The molecule has 1 N–H and O–H groups in total. The number of alkyl halides is 3. The maximum atomic E-state index is 13.4. The number of nitrogens with one attached hydrogen (secondary N) is 1. The van der Waals surface area contributed by atoms with Crippen LogP contribution in [0.25, 0.3) is 0 Å². The van der Waals surface area contributed by atoms with Gasteiger partial charge in [-0.05, 0) is 24.1 Å². The average molecular weight is 279 g/mol. The summed E-state index contributed by atoms with van der Waals surface area (Å²) in [5, 5.41) is 2.01. The molecule has 0 saturated carbocycles. The van der Waals surface area contributed by atoms with Gasteiger partial charge >= 0.3 is 12.1 Å². The molecule has 0 heterocycles. The SMILES string of the molecule is COC(=O)C(NCC(F)(F)F)c1ccc(C)c(F)c1. The third-order valence-corrected chi connectivity index (χ3v) is 2.47. The van der Waals surface area contributed by atoms with E-state index in [1.807, 2.05) is 5.32 Å². The van der Waals surface area contributed by atoms with Gasteiger partial charge in [0, 0.05) is 0 Å². The van der Waals surface area contributed by atoms with Crippen LogP contribution in [0.1, 0.15) is 17.2 Å². The lowest BCUT2D eigenvalue weighted by Crippen LogP contribution is -2.36. The lowest BCUT2D eigenvalue weighted by Gasteiger charge is -2.18. The number of benzene rings is 1. The molecule has 1 aromatic rings. The smallest absolute Gasteiger partial charge is 0.401 e. The van der Waals surface area contributed by atoms with E-state index in [1.165, 1.54) is 19.1 Å². The Morgan fingerprint density at radius 2 is 2.05 bits per heavy atom. The zero-order valence-corrected chi connectivity index (χ0v) is 10.3. The first-order valence-corrected chi connectivity index (χ1v) is 5.38. The molecule has 19 heavy (non-hydrogen) atoms. The number of aryl methyl sites for hydroxylation is 1. The second-order valence-corrected chi connectivity index (χ2v) is 3.96. The molecule has 0 amide bonds. The first-order valence-electron chi connectivity index (χ1n) is 5.38. The monoisotopic (exact) mass is 279 g/mol. The predicted molar refractivity (Wildman–Crippen MR) is 60.0 cm³/mol. The number of carbonyl (C=O) groups is 1. The minimum absolute atomic E-state index is 0.0826. The molecule has 7 heteroatoms. The van der Waals surface area contributed by atoms with Crippen LogP contribution in [0.15, 0.2) is 18.2 Å². The molecule has 0 spiro atoms. The van der Waals surface area contributed by atoms with Crippen molar-refractivity contribution in [3.63, 3.8) is 0 Å². The predicted octanol–water partition coefficient (Wildman–Crippen LogP) is 2.50. The fourth-order valence-corrected chi connectivity index (χ4v) is 1.46. The molecule has 106 valence electrons. The molecule has 1 unspecified atom stereocenters. The maximum Gasteiger partial charge on any atom is 0.401 e. The average Bonchev–Trinajstić information content (AvgIpc) is 2.32. The minimum atomic E-state index is -4.48. The number of hydrogen-bond acceptors (Lipinski definition) is 3.